The molecule has 0 unspecified atom stereocenters. The van der Waals surface area contributed by atoms with Gasteiger partial charge in [-0.2, -0.15) is 0 Å². The molecule has 2 atom stereocenters. The zero-order chi connectivity index (χ0) is 23.6. The van der Waals surface area contributed by atoms with E-state index in [-0.39, 0.29) is 18.9 Å². The first-order valence-corrected chi connectivity index (χ1v) is 10.7. The van der Waals surface area contributed by atoms with Crippen LogP contribution in [0.1, 0.15) is 36.2 Å². The third kappa shape index (κ3) is 4.63. The maximum absolute atomic E-state index is 13.2. The summed E-state index contributed by atoms with van der Waals surface area (Å²) < 4.78 is 16.9. The van der Waals surface area contributed by atoms with Gasteiger partial charge in [0.25, 0.3) is 5.91 Å². The smallest absolute Gasteiger partial charge is 0.325 e. The highest BCUT2D eigenvalue weighted by atomic mass is 16.5. The standard InChI is InChI=1S/C24H26N2O7/c1-15(27)16-4-7-19(8-5-16)33-14-18(28)13-26-22(29)24(2,25-23(26)30)17-6-9-20-21(12-17)32-11-3-10-31-20/h4-9,12,18,28H,3,10-11,13-14H2,1-2H3,(H,25,30)/t18-,24+/m1/s1. The van der Waals surface area contributed by atoms with E-state index in [9.17, 15) is 19.5 Å². The van der Waals surface area contributed by atoms with Crippen molar-refractivity contribution in [3.05, 3.63) is 53.6 Å². The molecule has 0 spiro atoms. The second kappa shape index (κ2) is 9.11. The summed E-state index contributed by atoms with van der Waals surface area (Å²) in [6.45, 7) is 3.79. The Morgan fingerprint density at radius 1 is 1.15 bits per heavy atom. The summed E-state index contributed by atoms with van der Waals surface area (Å²) >= 11 is 0. The van der Waals surface area contributed by atoms with Crippen molar-refractivity contribution >= 4 is 17.7 Å². The zero-order valence-corrected chi connectivity index (χ0v) is 18.5. The number of urea groups is 1. The van der Waals surface area contributed by atoms with E-state index in [1.807, 2.05) is 0 Å². The van der Waals surface area contributed by atoms with Gasteiger partial charge in [0.1, 0.15) is 24.0 Å². The predicted octanol–water partition coefficient (Wildman–Crippen LogP) is 2.26. The first kappa shape index (κ1) is 22.6. The number of Topliss-reactive ketones (excluding diaryl/α,β-unsaturated/α-hetero) is 1. The van der Waals surface area contributed by atoms with Crippen LogP contribution in [0.2, 0.25) is 0 Å². The number of carbonyl (C=O) groups is 3. The molecule has 2 aromatic rings. The second-order valence-electron chi connectivity index (χ2n) is 8.23. The van der Waals surface area contributed by atoms with E-state index in [4.69, 9.17) is 14.2 Å². The Morgan fingerprint density at radius 2 is 1.85 bits per heavy atom. The Hall–Kier alpha value is -3.59. The highest BCUT2D eigenvalue weighted by Gasteiger charge is 2.49. The normalized spacial score (nSPS) is 20.8. The highest BCUT2D eigenvalue weighted by molar-refractivity contribution is 6.07. The van der Waals surface area contributed by atoms with Crippen molar-refractivity contribution in [1.29, 1.82) is 0 Å². The summed E-state index contributed by atoms with van der Waals surface area (Å²) in [5.74, 6) is 1.05. The van der Waals surface area contributed by atoms with Gasteiger partial charge >= 0.3 is 6.03 Å². The fraction of sp³-hybridized carbons (Fsp3) is 0.375. The minimum atomic E-state index is -1.30. The molecule has 1 saturated heterocycles. The lowest BCUT2D eigenvalue weighted by molar-refractivity contribution is -0.132. The Labute approximate surface area is 191 Å². The molecule has 0 aromatic heterocycles. The summed E-state index contributed by atoms with van der Waals surface area (Å²) in [5.41, 5.74) is -0.189. The van der Waals surface area contributed by atoms with Crippen molar-refractivity contribution in [2.24, 2.45) is 0 Å². The van der Waals surface area contributed by atoms with E-state index in [1.165, 1.54) is 6.92 Å². The third-order valence-corrected chi connectivity index (χ3v) is 5.70. The number of hydrogen-bond acceptors (Lipinski definition) is 7. The number of ketones is 1. The van der Waals surface area contributed by atoms with Crippen molar-refractivity contribution in [3.8, 4) is 17.2 Å². The highest BCUT2D eigenvalue weighted by Crippen LogP contribution is 2.36. The van der Waals surface area contributed by atoms with Crippen molar-refractivity contribution in [2.45, 2.75) is 31.9 Å². The number of amides is 3. The molecule has 9 nitrogen and oxygen atoms in total. The van der Waals surface area contributed by atoms with Gasteiger partial charge in [0, 0.05) is 12.0 Å². The fourth-order valence-corrected chi connectivity index (χ4v) is 3.77. The van der Waals surface area contributed by atoms with Crippen molar-refractivity contribution in [3.63, 3.8) is 0 Å². The van der Waals surface area contributed by atoms with Crippen LogP contribution in [-0.2, 0) is 10.3 Å². The Kier molecular flexibility index (Phi) is 6.24. The molecular formula is C24H26N2O7. The molecule has 0 radical (unpaired) electrons. The average molecular weight is 454 g/mol. The average Bonchev–Trinajstić information content (AvgIpc) is 2.96. The van der Waals surface area contributed by atoms with E-state index < -0.39 is 23.6 Å². The number of fused-ring (bicyclic) bond motifs is 1. The molecule has 2 aromatic carbocycles. The first-order chi connectivity index (χ1) is 15.8. The fourth-order valence-electron chi connectivity index (χ4n) is 3.77. The Balaban J connectivity index is 1.41. The number of β-amino-alcohol motifs (C(OH)–C–C–N with tert-alkyl or cyclic N) is 1. The van der Waals surface area contributed by atoms with Crippen LogP contribution < -0.4 is 19.5 Å². The van der Waals surface area contributed by atoms with E-state index in [1.54, 1.807) is 49.4 Å². The van der Waals surface area contributed by atoms with Gasteiger partial charge in [-0.1, -0.05) is 6.07 Å². The van der Waals surface area contributed by atoms with Gasteiger partial charge in [-0.15, -0.1) is 0 Å². The number of carbonyl (C=O) groups excluding carboxylic acids is 3. The molecule has 1 fully saturated rings. The molecule has 33 heavy (non-hydrogen) atoms. The minimum Gasteiger partial charge on any atom is -0.491 e. The monoisotopic (exact) mass is 454 g/mol. The van der Waals surface area contributed by atoms with E-state index in [0.717, 1.165) is 11.3 Å². The van der Waals surface area contributed by atoms with Gasteiger partial charge in [0.2, 0.25) is 0 Å². The number of imide groups is 1. The Bertz CT molecular complexity index is 1070. The molecule has 9 heteroatoms. The SMILES string of the molecule is CC(=O)c1ccc(OC[C@H](O)CN2C(=O)N[C@@](C)(c3ccc4c(c3)OCCCO4)C2=O)cc1. The van der Waals surface area contributed by atoms with Crippen LogP contribution in [0.5, 0.6) is 17.2 Å². The molecule has 174 valence electrons. The van der Waals surface area contributed by atoms with Crippen LogP contribution in [0, 0.1) is 0 Å². The summed E-state index contributed by atoms with van der Waals surface area (Å²) in [5, 5.41) is 13.1. The first-order valence-electron chi connectivity index (χ1n) is 10.7. The number of aliphatic hydroxyl groups excluding tert-OH is 1. The van der Waals surface area contributed by atoms with Gasteiger partial charge < -0.3 is 24.6 Å². The van der Waals surface area contributed by atoms with E-state index in [0.29, 0.717) is 41.6 Å². The quantitative estimate of drug-likeness (QED) is 0.487. The van der Waals surface area contributed by atoms with Crippen LogP contribution in [0.4, 0.5) is 4.79 Å². The Morgan fingerprint density at radius 3 is 2.55 bits per heavy atom. The number of hydrogen-bond donors (Lipinski definition) is 2. The second-order valence-corrected chi connectivity index (χ2v) is 8.23. The lowest BCUT2D eigenvalue weighted by atomic mass is 9.91. The topological polar surface area (TPSA) is 114 Å². The van der Waals surface area contributed by atoms with Crippen LogP contribution in [0.25, 0.3) is 0 Å². The number of benzene rings is 2. The van der Waals surface area contributed by atoms with Gasteiger partial charge in [0.15, 0.2) is 17.3 Å². The molecule has 2 aliphatic rings. The maximum atomic E-state index is 13.2. The number of rotatable bonds is 7. The van der Waals surface area contributed by atoms with Crippen LogP contribution in [0.3, 0.4) is 0 Å². The zero-order valence-electron chi connectivity index (χ0n) is 18.5. The lowest BCUT2D eigenvalue weighted by Crippen LogP contribution is -2.42. The van der Waals surface area contributed by atoms with Crippen LogP contribution >= 0.6 is 0 Å². The van der Waals surface area contributed by atoms with Crippen LogP contribution in [-0.4, -0.2) is 60.2 Å². The maximum Gasteiger partial charge on any atom is 0.325 e. The molecule has 2 heterocycles. The predicted molar refractivity (Wildman–Crippen MR) is 118 cm³/mol. The van der Waals surface area contributed by atoms with Gasteiger partial charge in [-0.25, -0.2) is 4.79 Å². The molecule has 0 bridgehead atoms. The van der Waals surface area contributed by atoms with Crippen molar-refractivity contribution < 1.29 is 33.7 Å². The third-order valence-electron chi connectivity index (χ3n) is 5.70. The largest absolute Gasteiger partial charge is 0.491 e. The lowest BCUT2D eigenvalue weighted by Gasteiger charge is -2.24. The van der Waals surface area contributed by atoms with E-state index >= 15 is 0 Å². The minimum absolute atomic E-state index is 0.0586. The molecule has 4 rings (SSSR count). The van der Waals surface area contributed by atoms with E-state index in [2.05, 4.69) is 5.32 Å². The molecule has 0 saturated carbocycles. The van der Waals surface area contributed by atoms with Crippen LogP contribution in [0.15, 0.2) is 42.5 Å². The summed E-state index contributed by atoms with van der Waals surface area (Å²) in [6, 6.07) is 11.1. The van der Waals surface area contributed by atoms with Crippen molar-refractivity contribution in [1.82, 2.24) is 10.2 Å². The summed E-state index contributed by atoms with van der Waals surface area (Å²) in [7, 11) is 0. The molecule has 0 aliphatic carbocycles. The van der Waals surface area contributed by atoms with Gasteiger partial charge in [-0.3, -0.25) is 14.5 Å². The number of nitrogens with one attached hydrogen (secondary N) is 1. The number of nitrogens with zero attached hydrogens (tertiary/aromatic N) is 1. The molecule has 3 amide bonds. The molecular weight excluding hydrogens is 428 g/mol. The van der Waals surface area contributed by atoms with Crippen molar-refractivity contribution in [2.75, 3.05) is 26.4 Å². The molecule has 2 aliphatic heterocycles. The van der Waals surface area contributed by atoms with Gasteiger partial charge in [0.05, 0.1) is 19.8 Å². The number of aliphatic hydroxyl groups is 1. The summed E-state index contributed by atoms with van der Waals surface area (Å²) in [4.78, 5) is 38.1. The van der Waals surface area contributed by atoms with Gasteiger partial charge in [-0.05, 0) is 55.8 Å². The number of ether oxygens (including phenoxy) is 3. The summed E-state index contributed by atoms with van der Waals surface area (Å²) in [6.07, 6.45) is -0.343. The molecule has 2 N–H and O–H groups in total.